The third kappa shape index (κ3) is 3.55. The van der Waals surface area contributed by atoms with Crippen LogP contribution in [0.3, 0.4) is 0 Å². The summed E-state index contributed by atoms with van der Waals surface area (Å²) in [6.45, 7) is 3.83. The van der Waals surface area contributed by atoms with E-state index in [0.717, 1.165) is 20.2 Å². The third-order valence-corrected chi connectivity index (χ3v) is 8.98. The predicted octanol–water partition coefficient (Wildman–Crippen LogP) is 1.96. The van der Waals surface area contributed by atoms with Crippen LogP contribution in [0.25, 0.3) is 9.53 Å². The fraction of sp³-hybridized carbons (Fsp3) is 0.500. The molecule has 0 saturated carbocycles. The molecule has 12 heteroatoms. The number of carbonyl (C=O) groups excluding carboxylic acids is 1. The number of aromatic nitrogens is 2. The lowest BCUT2D eigenvalue weighted by Crippen LogP contribution is -2.47. The van der Waals surface area contributed by atoms with Gasteiger partial charge in [0.15, 0.2) is 0 Å². The number of aryl methyl sites for hydroxylation is 2. The van der Waals surface area contributed by atoms with E-state index in [1.165, 1.54) is 28.7 Å². The molecule has 180 valence electrons. The summed E-state index contributed by atoms with van der Waals surface area (Å²) in [7, 11) is 0. The van der Waals surface area contributed by atoms with E-state index in [1.807, 2.05) is 11.8 Å². The molecule has 3 aromatic heterocycles. The van der Waals surface area contributed by atoms with Gasteiger partial charge in [-0.15, -0.1) is 22.7 Å². The number of hydrogen-bond donors (Lipinski definition) is 3. The molecule has 1 spiro atoms. The first-order valence-corrected chi connectivity index (χ1v) is 12.9. The molecule has 2 atom stereocenters. The van der Waals surface area contributed by atoms with Crippen molar-refractivity contribution in [2.24, 2.45) is 5.73 Å². The van der Waals surface area contributed by atoms with Crippen LogP contribution in [0.2, 0.25) is 0 Å². The van der Waals surface area contributed by atoms with Crippen molar-refractivity contribution in [2.45, 2.75) is 44.1 Å². The van der Waals surface area contributed by atoms with Crippen LogP contribution < -0.4 is 21.7 Å². The molecule has 6 rings (SSSR count). The van der Waals surface area contributed by atoms with E-state index in [-0.39, 0.29) is 23.8 Å². The summed E-state index contributed by atoms with van der Waals surface area (Å²) in [6.07, 6.45) is 1.62. The van der Waals surface area contributed by atoms with Gasteiger partial charge in [0.1, 0.15) is 21.3 Å². The summed E-state index contributed by atoms with van der Waals surface area (Å²) in [5.41, 5.74) is 14.2. The number of ether oxygens (including phenoxy) is 2. The Balaban J connectivity index is 1.17. The largest absolute Gasteiger partial charge is 0.396 e. The number of hydrogen-bond acceptors (Lipinski definition) is 10. The van der Waals surface area contributed by atoms with Gasteiger partial charge in [-0.2, -0.15) is 0 Å². The van der Waals surface area contributed by atoms with Gasteiger partial charge < -0.3 is 31.2 Å². The first-order chi connectivity index (χ1) is 16.3. The number of anilines is 2. The molecule has 5 heterocycles. The second-order valence-corrected chi connectivity index (χ2v) is 11.2. The number of nitrogens with two attached hydrogens (primary N) is 2. The van der Waals surface area contributed by atoms with Gasteiger partial charge in [-0.1, -0.05) is 0 Å². The van der Waals surface area contributed by atoms with Gasteiger partial charge in [-0.25, -0.2) is 14.4 Å². The van der Waals surface area contributed by atoms with Crippen molar-refractivity contribution in [3.8, 4) is 0 Å². The van der Waals surface area contributed by atoms with Crippen molar-refractivity contribution >= 4 is 49.6 Å². The number of pyridine rings is 1. The number of amides is 1. The second-order valence-electron chi connectivity index (χ2n) is 9.01. The minimum Gasteiger partial charge on any atom is -0.396 e. The lowest BCUT2D eigenvalue weighted by atomic mass is 9.91. The smallest absolute Gasteiger partial charge is 0.263 e. The Kier molecular flexibility index (Phi) is 5.26. The Morgan fingerprint density at radius 3 is 2.88 bits per heavy atom. The van der Waals surface area contributed by atoms with Crippen molar-refractivity contribution in [2.75, 3.05) is 36.9 Å². The zero-order valence-corrected chi connectivity index (χ0v) is 20.2. The summed E-state index contributed by atoms with van der Waals surface area (Å²) in [5, 5.41) is 3.95. The number of nitrogen functional groups attached to an aromatic ring is 1. The number of thiazole rings is 1. The highest BCUT2D eigenvalue weighted by Gasteiger charge is 2.50. The summed E-state index contributed by atoms with van der Waals surface area (Å²) >= 11 is 2.78. The Hall–Kier alpha value is -2.38. The first kappa shape index (κ1) is 22.1. The van der Waals surface area contributed by atoms with Crippen LogP contribution in [0, 0.1) is 12.7 Å². The number of rotatable bonds is 3. The fourth-order valence-electron chi connectivity index (χ4n) is 5.04. The molecular weight excluding hydrogens is 479 g/mol. The molecule has 2 fully saturated rings. The number of nitrogens with one attached hydrogen (secondary N) is 1. The molecule has 3 aliphatic rings. The van der Waals surface area contributed by atoms with Gasteiger partial charge >= 0.3 is 0 Å². The monoisotopic (exact) mass is 504 g/mol. The van der Waals surface area contributed by atoms with Gasteiger partial charge in [-0.3, -0.25) is 4.79 Å². The lowest BCUT2D eigenvalue weighted by Gasteiger charge is -2.27. The van der Waals surface area contributed by atoms with Gasteiger partial charge in [0.05, 0.1) is 41.2 Å². The number of fused-ring (bicyclic) bond motifs is 2. The molecule has 3 aromatic rings. The standard InChI is InChI=1S/C22H25FN6O3S2/c1-10-26-21-19(33-10)17(25)18(34-21)20(30)27-11-2-3-14-12(6-11)13(23)7-16(28-14)29-8-15(24)22(9-29)31-4-5-32-22/h7,11,15H,2-6,8-9,24-25H2,1H3,(H,27,30). The van der Waals surface area contributed by atoms with Crippen LogP contribution in [-0.4, -0.2) is 60.0 Å². The minimum atomic E-state index is -0.838. The third-order valence-electron chi connectivity index (χ3n) is 6.75. The lowest BCUT2D eigenvalue weighted by molar-refractivity contribution is -0.147. The molecule has 0 aromatic carbocycles. The van der Waals surface area contributed by atoms with Crippen molar-refractivity contribution in [1.29, 1.82) is 0 Å². The van der Waals surface area contributed by atoms with Crippen LogP contribution in [0.5, 0.6) is 0 Å². The maximum absolute atomic E-state index is 15.2. The Labute approximate surface area is 203 Å². The van der Waals surface area contributed by atoms with E-state index >= 15 is 4.39 Å². The van der Waals surface area contributed by atoms with Crippen molar-refractivity contribution in [1.82, 2.24) is 15.3 Å². The summed E-state index contributed by atoms with van der Waals surface area (Å²) in [4.78, 5) is 25.2. The van der Waals surface area contributed by atoms with Crippen LogP contribution in [0.15, 0.2) is 6.07 Å². The maximum Gasteiger partial charge on any atom is 0.263 e. The normalized spacial score (nSPS) is 23.7. The zero-order chi connectivity index (χ0) is 23.6. The van der Waals surface area contributed by atoms with Crippen LogP contribution >= 0.6 is 22.7 Å². The van der Waals surface area contributed by atoms with Crippen LogP contribution in [-0.2, 0) is 22.3 Å². The maximum atomic E-state index is 15.2. The molecule has 0 radical (unpaired) electrons. The molecule has 5 N–H and O–H groups in total. The summed E-state index contributed by atoms with van der Waals surface area (Å²) in [6, 6.07) is 0.929. The van der Waals surface area contributed by atoms with Gasteiger partial charge in [0.25, 0.3) is 5.91 Å². The quantitative estimate of drug-likeness (QED) is 0.494. The van der Waals surface area contributed by atoms with Gasteiger partial charge in [0.2, 0.25) is 5.79 Å². The number of halogens is 1. The second kappa shape index (κ2) is 8.09. The van der Waals surface area contributed by atoms with Crippen molar-refractivity contribution < 1.29 is 18.7 Å². The SMILES string of the molecule is Cc1nc2sc(C(=O)NC3CCc4nc(N5CC(N)C6(C5)OCCO6)cc(F)c4C3)c(N)c2s1. The highest BCUT2D eigenvalue weighted by Crippen LogP contribution is 2.38. The van der Waals surface area contributed by atoms with E-state index in [1.54, 1.807) is 0 Å². The first-order valence-electron chi connectivity index (χ1n) is 11.3. The van der Waals surface area contributed by atoms with Gasteiger partial charge in [-0.05, 0) is 26.2 Å². The Morgan fingerprint density at radius 2 is 2.12 bits per heavy atom. The Morgan fingerprint density at radius 1 is 1.32 bits per heavy atom. The molecule has 2 unspecified atom stereocenters. The topological polar surface area (TPSA) is 129 Å². The summed E-state index contributed by atoms with van der Waals surface area (Å²) in [5.74, 6) is -0.857. The molecule has 34 heavy (non-hydrogen) atoms. The molecule has 9 nitrogen and oxygen atoms in total. The predicted molar refractivity (Wildman–Crippen MR) is 129 cm³/mol. The number of carbonyl (C=O) groups is 1. The Bertz CT molecular complexity index is 1290. The van der Waals surface area contributed by atoms with E-state index < -0.39 is 5.79 Å². The van der Waals surface area contributed by atoms with Crippen LogP contribution in [0.1, 0.15) is 32.4 Å². The number of nitrogens with zero attached hydrogens (tertiary/aromatic N) is 3. The van der Waals surface area contributed by atoms with Crippen molar-refractivity contribution in [3.63, 3.8) is 0 Å². The average Bonchev–Trinajstić information content (AvgIpc) is 3.56. The molecule has 1 aliphatic carbocycles. The highest BCUT2D eigenvalue weighted by molar-refractivity contribution is 7.29. The van der Waals surface area contributed by atoms with E-state index in [9.17, 15) is 4.79 Å². The zero-order valence-electron chi connectivity index (χ0n) is 18.6. The molecule has 0 bridgehead atoms. The fourth-order valence-corrected chi connectivity index (χ4v) is 7.13. The van der Waals surface area contributed by atoms with Gasteiger partial charge in [0, 0.05) is 29.9 Å². The molecular formula is C22H25FN6O3S2. The van der Waals surface area contributed by atoms with Crippen LogP contribution in [0.4, 0.5) is 15.9 Å². The minimum absolute atomic E-state index is 0.194. The molecule has 2 aliphatic heterocycles. The summed E-state index contributed by atoms with van der Waals surface area (Å²) < 4.78 is 27.6. The van der Waals surface area contributed by atoms with E-state index in [4.69, 9.17) is 25.9 Å². The van der Waals surface area contributed by atoms with E-state index in [0.29, 0.717) is 67.5 Å². The van der Waals surface area contributed by atoms with E-state index in [2.05, 4.69) is 10.3 Å². The average molecular weight is 505 g/mol. The van der Waals surface area contributed by atoms with Crippen molar-refractivity contribution in [3.05, 3.63) is 33.0 Å². The number of thiophene rings is 1. The molecule has 2 saturated heterocycles. The molecule has 1 amide bonds. The highest BCUT2D eigenvalue weighted by atomic mass is 32.1.